The molecule has 448 valence electrons. The number of nitrogens with zero attached hydrogens (tertiary/aromatic N) is 4. The van der Waals surface area contributed by atoms with E-state index in [0.717, 1.165) is 22.3 Å². The second-order valence-electron chi connectivity index (χ2n) is 24.9. The predicted molar refractivity (Wildman–Crippen MR) is 322 cm³/mol. The molecule has 9 rings (SSSR count). The normalized spacial score (nSPS) is 29.6. The zero-order valence-corrected chi connectivity index (χ0v) is 49.7. The van der Waals surface area contributed by atoms with Gasteiger partial charge >= 0.3 is 0 Å². The monoisotopic (exact) mass is 1140 g/mol. The average Bonchev–Trinajstić information content (AvgIpc) is 3.65. The van der Waals surface area contributed by atoms with Gasteiger partial charge in [-0.2, -0.15) is 0 Å². The van der Waals surface area contributed by atoms with Crippen LogP contribution in [0, 0.1) is 23.7 Å². The molecule has 8 bridgehead atoms. The fraction of sp³-hybridized carbons (Fsp3) is 0.529. The van der Waals surface area contributed by atoms with Gasteiger partial charge in [0.25, 0.3) is 0 Å². The lowest BCUT2D eigenvalue weighted by atomic mass is 9.83. The van der Waals surface area contributed by atoms with Crippen molar-refractivity contribution in [1.82, 2.24) is 40.9 Å². The number of rotatable bonds is 8. The number of likely N-dealkylation sites (N-methyl/N-ethyl adjacent to an activating group) is 4. The zero-order valence-electron chi connectivity index (χ0n) is 49.7. The third-order valence-electron chi connectivity index (χ3n) is 19.2. The minimum absolute atomic E-state index is 0.254. The van der Waals surface area contributed by atoms with E-state index in [-0.39, 0.29) is 97.1 Å². The number of carbonyl (C=O) groups is 8. The predicted octanol–water partition coefficient (Wildman–Crippen LogP) is 6.98. The molecule has 1 aliphatic heterocycles. The van der Waals surface area contributed by atoms with Crippen LogP contribution in [0.1, 0.15) is 125 Å². The Labute approximate surface area is 496 Å². The van der Waals surface area contributed by atoms with E-state index < -0.39 is 47.8 Å². The molecule has 1 saturated heterocycles. The maximum absolute atomic E-state index is 14.9. The molecule has 0 spiro atoms. The summed E-state index contributed by atoms with van der Waals surface area (Å²) in [7, 11) is 7.02. The highest BCUT2D eigenvalue weighted by Crippen LogP contribution is 2.34. The number of amides is 8. The van der Waals surface area contributed by atoms with E-state index in [1.807, 2.05) is 121 Å². The molecule has 0 radical (unpaired) electrons. The highest BCUT2D eigenvalue weighted by Gasteiger charge is 2.42. The van der Waals surface area contributed by atoms with Crippen molar-refractivity contribution < 1.29 is 38.4 Å². The van der Waals surface area contributed by atoms with Crippen LogP contribution < -0.4 is 21.3 Å². The van der Waals surface area contributed by atoms with Gasteiger partial charge in [0, 0.05) is 102 Å². The number of nitrogens with one attached hydrogen (secondary N) is 4. The first-order valence-electron chi connectivity index (χ1n) is 31.0. The van der Waals surface area contributed by atoms with Gasteiger partial charge in [-0.15, -0.1) is 0 Å². The largest absolute Gasteiger partial charge is 0.344 e. The van der Waals surface area contributed by atoms with Crippen molar-refractivity contribution in [3.8, 4) is 0 Å². The summed E-state index contributed by atoms with van der Waals surface area (Å²) in [5, 5.41) is 12.7. The van der Waals surface area contributed by atoms with Crippen molar-refractivity contribution in [2.24, 2.45) is 23.7 Å². The quantitative estimate of drug-likeness (QED) is 0.145. The summed E-state index contributed by atoms with van der Waals surface area (Å²) in [5.74, 6) is -3.98. The topological polar surface area (TPSA) is 198 Å². The van der Waals surface area contributed by atoms with E-state index in [2.05, 4.69) is 21.3 Å². The number of hydrogen-bond donors (Lipinski definition) is 4. The molecule has 16 nitrogen and oxygen atoms in total. The Bertz CT molecular complexity index is 2510. The van der Waals surface area contributed by atoms with Gasteiger partial charge in [-0.05, 0) is 99.3 Å². The first-order chi connectivity index (χ1) is 40.6. The lowest BCUT2D eigenvalue weighted by Gasteiger charge is -2.39. The number of benzene rings is 4. The maximum atomic E-state index is 14.9. The summed E-state index contributed by atoms with van der Waals surface area (Å²) < 4.78 is 0. The number of hydrogen-bond acceptors (Lipinski definition) is 8. The molecule has 4 N–H and O–H groups in total. The first-order valence-corrected chi connectivity index (χ1v) is 31.0. The lowest BCUT2D eigenvalue weighted by Crippen LogP contribution is -2.56. The summed E-state index contributed by atoms with van der Waals surface area (Å²) >= 11 is 0. The third-order valence-corrected chi connectivity index (χ3v) is 19.2. The summed E-state index contributed by atoms with van der Waals surface area (Å²) in [6, 6.07) is 33.6. The number of fused-ring (bicyclic) bond motifs is 8. The Morgan fingerprint density at radius 2 is 0.488 bits per heavy atom. The fourth-order valence-corrected chi connectivity index (χ4v) is 14.1. The Balaban J connectivity index is 1.01. The molecule has 8 amide bonds. The molecule has 5 fully saturated rings. The van der Waals surface area contributed by atoms with Crippen molar-refractivity contribution in [3.63, 3.8) is 0 Å². The molecule has 4 aliphatic carbocycles. The Morgan fingerprint density at radius 3 is 0.679 bits per heavy atom. The van der Waals surface area contributed by atoms with Crippen LogP contribution in [0.4, 0.5) is 0 Å². The molecule has 4 aromatic rings. The Hall–Kier alpha value is -7.36. The number of carbonyl (C=O) groups excluding carboxylic acids is 8. The molecule has 4 aromatic carbocycles. The molecule has 0 aromatic heterocycles. The molecule has 84 heavy (non-hydrogen) atoms. The molecular formula is C68H88N8O8. The van der Waals surface area contributed by atoms with Crippen LogP contribution in [0.5, 0.6) is 0 Å². The van der Waals surface area contributed by atoms with Gasteiger partial charge in [0.1, 0.15) is 24.2 Å². The standard InChI is InChI=1S/C68H88N8O8/c1-73-53-33-17-29-49(41-53)61(77)70-58(38-46-23-11-6-12-24-46)66(82)75(3)55-35-19-31-51(43-55)63(79)72-60(40-48-27-15-8-16-28-48)68(84)76(4)56-36-20-32-52(44-56)64(80)71-59(39-47-25-13-7-14-26-47)67(83)74(2)54-34-18-30-50(42-54)62(78)69-57(65(73)81)37-45-21-9-5-10-22-45/h5-16,21-28,49-60H,17-20,29-44H2,1-4H3,(H,69,78)(H,70,77)(H,71,80)(H,72,79)/t49-,50-,51-,52-,53+,54+,55+,56+,57-,58-,59-,60-/m1/s1. The van der Waals surface area contributed by atoms with Crippen LogP contribution in [0.25, 0.3) is 0 Å². The van der Waals surface area contributed by atoms with Crippen molar-refractivity contribution >= 4 is 47.3 Å². The van der Waals surface area contributed by atoms with Crippen LogP contribution in [0.2, 0.25) is 0 Å². The highest BCUT2D eigenvalue weighted by atomic mass is 16.2. The first kappa shape index (κ1) is 61.2. The summed E-state index contributed by atoms with van der Waals surface area (Å²) in [6.45, 7) is 0. The second kappa shape index (κ2) is 29.0. The van der Waals surface area contributed by atoms with Gasteiger partial charge in [-0.25, -0.2) is 0 Å². The van der Waals surface area contributed by atoms with E-state index in [1.165, 1.54) is 0 Å². The lowest BCUT2D eigenvalue weighted by molar-refractivity contribution is -0.142. The van der Waals surface area contributed by atoms with Crippen LogP contribution in [-0.2, 0) is 64.0 Å². The second-order valence-corrected chi connectivity index (χ2v) is 24.9. The van der Waals surface area contributed by atoms with Crippen molar-refractivity contribution in [3.05, 3.63) is 144 Å². The van der Waals surface area contributed by atoms with Gasteiger partial charge in [-0.3, -0.25) is 38.4 Å². The third kappa shape index (κ3) is 15.7. The van der Waals surface area contributed by atoms with E-state index in [1.54, 1.807) is 47.8 Å². The smallest absolute Gasteiger partial charge is 0.245 e. The summed E-state index contributed by atoms with van der Waals surface area (Å²) in [5.41, 5.74) is 3.54. The molecule has 5 aliphatic rings. The summed E-state index contributed by atoms with van der Waals surface area (Å²) in [6.07, 6.45) is 10.3. The molecule has 12 atom stereocenters. The van der Waals surface area contributed by atoms with Gasteiger partial charge in [-0.1, -0.05) is 147 Å². The Morgan fingerprint density at radius 1 is 0.298 bits per heavy atom. The van der Waals surface area contributed by atoms with Crippen molar-refractivity contribution in [2.45, 2.75) is 177 Å². The van der Waals surface area contributed by atoms with E-state index in [9.17, 15) is 38.4 Å². The van der Waals surface area contributed by atoms with Crippen LogP contribution in [0.3, 0.4) is 0 Å². The molecular weight excluding hydrogens is 1060 g/mol. The molecule has 0 unspecified atom stereocenters. The Kier molecular flexibility index (Phi) is 21.1. The highest BCUT2D eigenvalue weighted by molar-refractivity contribution is 5.92. The maximum Gasteiger partial charge on any atom is 0.245 e. The van der Waals surface area contributed by atoms with E-state index in [0.29, 0.717) is 103 Å². The van der Waals surface area contributed by atoms with Gasteiger partial charge < -0.3 is 40.9 Å². The minimum Gasteiger partial charge on any atom is -0.344 e. The minimum atomic E-state index is -0.903. The van der Waals surface area contributed by atoms with E-state index >= 15 is 0 Å². The van der Waals surface area contributed by atoms with Gasteiger partial charge in [0.15, 0.2) is 0 Å². The molecule has 4 saturated carbocycles. The fourth-order valence-electron chi connectivity index (χ4n) is 14.1. The van der Waals surface area contributed by atoms with Gasteiger partial charge in [0.05, 0.1) is 0 Å². The average molecular weight is 1150 g/mol. The van der Waals surface area contributed by atoms with Crippen molar-refractivity contribution in [2.75, 3.05) is 28.2 Å². The zero-order chi connectivity index (χ0) is 59.3. The van der Waals surface area contributed by atoms with Crippen LogP contribution in [0.15, 0.2) is 121 Å². The summed E-state index contributed by atoms with van der Waals surface area (Å²) in [4.78, 5) is 125. The SMILES string of the molecule is CN1C(=O)[C@@H](Cc2ccccc2)NC(=O)[C@@H]2CCC[C@@H](C2)N(C)C(=O)[C@@H](Cc2ccccc2)NC(=O)[C@@H]2CCC[C@@H](C2)N(C)C(=O)[C@@H](Cc2ccccc2)NC(=O)[C@@H]2CCC[C@@H](C2)N(C)C(=O)[C@@H](Cc2ccccc2)NC(=O)[C@@H]2CCC[C@H]1C2. The van der Waals surface area contributed by atoms with E-state index in [4.69, 9.17) is 0 Å². The van der Waals surface area contributed by atoms with Gasteiger partial charge in [0.2, 0.25) is 47.3 Å². The molecule has 1 heterocycles. The van der Waals surface area contributed by atoms with Crippen molar-refractivity contribution in [1.29, 1.82) is 0 Å². The van der Waals surface area contributed by atoms with Crippen LogP contribution in [-0.4, -0.2) is 143 Å². The van der Waals surface area contributed by atoms with Crippen LogP contribution >= 0.6 is 0 Å². The molecule has 16 heteroatoms.